The lowest BCUT2D eigenvalue weighted by atomic mass is 10.1. The van der Waals surface area contributed by atoms with E-state index in [0.29, 0.717) is 6.54 Å². The maximum atomic E-state index is 11.1. The van der Waals surface area contributed by atoms with E-state index in [1.54, 1.807) is 0 Å². The van der Waals surface area contributed by atoms with Gasteiger partial charge in [-0.3, -0.25) is 9.59 Å². The molecule has 0 aromatic heterocycles. The topological polar surface area (TPSA) is 78.6 Å². The van der Waals surface area contributed by atoms with Gasteiger partial charge in [-0.15, -0.1) is 0 Å². The first kappa shape index (κ1) is 15.4. The molecule has 0 radical (unpaired) electrons. The summed E-state index contributed by atoms with van der Waals surface area (Å²) in [6.07, 6.45) is 1.61. The third-order valence-electron chi connectivity index (χ3n) is 2.51. The molecular formula is C13H19NO4Si. The summed E-state index contributed by atoms with van der Waals surface area (Å²) in [4.78, 5) is 22.3. The Kier molecular flexibility index (Phi) is 6.24. The Labute approximate surface area is 114 Å². The molecule has 0 amide bonds. The van der Waals surface area contributed by atoms with E-state index in [4.69, 9.17) is 14.6 Å². The summed E-state index contributed by atoms with van der Waals surface area (Å²) < 4.78 is 10.4. The average molecular weight is 281 g/mol. The van der Waals surface area contributed by atoms with Gasteiger partial charge in [0.2, 0.25) is 0 Å². The molecule has 0 unspecified atom stereocenters. The highest BCUT2D eigenvalue weighted by Gasteiger charge is 2.25. The van der Waals surface area contributed by atoms with Gasteiger partial charge in [0, 0.05) is 19.0 Å². The van der Waals surface area contributed by atoms with Gasteiger partial charge in [-0.2, -0.15) is 0 Å². The fourth-order valence-corrected chi connectivity index (χ4v) is 3.45. The molecule has 0 heterocycles. The molecule has 5 nitrogen and oxygen atoms in total. The van der Waals surface area contributed by atoms with Crippen LogP contribution >= 0.6 is 0 Å². The van der Waals surface area contributed by atoms with E-state index in [1.165, 1.54) is 13.8 Å². The molecule has 0 atom stereocenters. The van der Waals surface area contributed by atoms with Gasteiger partial charge < -0.3 is 14.6 Å². The van der Waals surface area contributed by atoms with Crippen LogP contribution in [0.25, 0.3) is 0 Å². The van der Waals surface area contributed by atoms with Crippen molar-refractivity contribution in [2.45, 2.75) is 26.7 Å². The molecule has 0 aliphatic heterocycles. The van der Waals surface area contributed by atoms with Crippen molar-refractivity contribution in [2.24, 2.45) is 5.73 Å². The highest BCUT2D eigenvalue weighted by molar-refractivity contribution is 6.64. The molecule has 0 aliphatic carbocycles. The molecule has 0 saturated carbocycles. The van der Waals surface area contributed by atoms with Crippen molar-refractivity contribution in [3.63, 3.8) is 0 Å². The minimum absolute atomic E-state index is 0.438. The molecule has 104 valence electrons. The molecule has 0 aliphatic rings. The second kappa shape index (κ2) is 7.70. The van der Waals surface area contributed by atoms with Gasteiger partial charge in [0.1, 0.15) is 0 Å². The quantitative estimate of drug-likeness (QED) is 0.750. The highest BCUT2D eigenvalue weighted by atomic mass is 28.3. The second-order valence-electron chi connectivity index (χ2n) is 4.14. The zero-order chi connectivity index (χ0) is 14.3. The fourth-order valence-electron chi connectivity index (χ4n) is 1.74. The normalized spacial score (nSPS) is 10.3. The van der Waals surface area contributed by atoms with Gasteiger partial charge in [-0.05, 0) is 24.9 Å². The molecule has 2 N–H and O–H groups in total. The minimum Gasteiger partial charge on any atom is -0.484 e. The van der Waals surface area contributed by atoms with Crippen molar-refractivity contribution in [1.29, 1.82) is 0 Å². The van der Waals surface area contributed by atoms with Crippen LogP contribution in [0.15, 0.2) is 24.3 Å². The lowest BCUT2D eigenvalue weighted by molar-refractivity contribution is -0.137. The van der Waals surface area contributed by atoms with E-state index in [2.05, 4.69) is 0 Å². The number of aryl methyl sites for hydroxylation is 1. The summed E-state index contributed by atoms with van der Waals surface area (Å²) in [5.74, 6) is -0.877. The largest absolute Gasteiger partial charge is 0.484 e. The third-order valence-corrected chi connectivity index (χ3v) is 4.67. The van der Waals surface area contributed by atoms with Crippen LogP contribution in [0.4, 0.5) is 0 Å². The Morgan fingerprint density at radius 2 is 1.74 bits per heavy atom. The predicted molar refractivity (Wildman–Crippen MR) is 74.1 cm³/mol. The van der Waals surface area contributed by atoms with E-state index in [-0.39, 0.29) is 0 Å². The lowest BCUT2D eigenvalue weighted by Gasteiger charge is -2.17. The van der Waals surface area contributed by atoms with Crippen LogP contribution in [0.1, 0.15) is 25.8 Å². The van der Waals surface area contributed by atoms with Crippen molar-refractivity contribution in [3.05, 3.63) is 29.8 Å². The van der Waals surface area contributed by atoms with E-state index >= 15 is 0 Å². The zero-order valence-electron chi connectivity index (χ0n) is 11.2. The SMILES string of the molecule is CC(=O)O[SiH](OC(C)=O)c1ccccc1CCCN. The van der Waals surface area contributed by atoms with Crippen molar-refractivity contribution in [3.8, 4) is 0 Å². The second-order valence-corrected chi connectivity index (χ2v) is 5.90. The van der Waals surface area contributed by atoms with Crippen LogP contribution in [-0.2, 0) is 24.9 Å². The summed E-state index contributed by atoms with van der Waals surface area (Å²) in [6, 6.07) is 7.53. The number of hydrogen-bond donors (Lipinski definition) is 1. The molecule has 6 heteroatoms. The van der Waals surface area contributed by atoms with Crippen LogP contribution in [0, 0.1) is 0 Å². The zero-order valence-corrected chi connectivity index (χ0v) is 12.4. The number of benzene rings is 1. The predicted octanol–water partition coefficient (Wildman–Crippen LogP) is 0.132. The smallest absolute Gasteiger partial charge is 0.483 e. The Hall–Kier alpha value is -1.66. The molecule has 19 heavy (non-hydrogen) atoms. The Morgan fingerprint density at radius 1 is 1.16 bits per heavy atom. The summed E-state index contributed by atoms with van der Waals surface area (Å²) >= 11 is 0. The Bertz CT molecular complexity index is 434. The Morgan fingerprint density at radius 3 is 2.26 bits per heavy atom. The van der Waals surface area contributed by atoms with Gasteiger partial charge in [0.05, 0.1) is 0 Å². The van der Waals surface area contributed by atoms with Crippen molar-refractivity contribution in [1.82, 2.24) is 0 Å². The van der Waals surface area contributed by atoms with E-state index < -0.39 is 21.2 Å². The first-order valence-corrected chi connectivity index (χ1v) is 7.69. The van der Waals surface area contributed by atoms with Gasteiger partial charge in [-0.1, -0.05) is 24.3 Å². The lowest BCUT2D eigenvalue weighted by Crippen LogP contribution is -2.41. The van der Waals surface area contributed by atoms with Gasteiger partial charge in [0.25, 0.3) is 11.9 Å². The van der Waals surface area contributed by atoms with Gasteiger partial charge >= 0.3 is 9.28 Å². The van der Waals surface area contributed by atoms with Crippen molar-refractivity contribution < 1.29 is 18.4 Å². The van der Waals surface area contributed by atoms with Crippen molar-refractivity contribution >= 4 is 26.4 Å². The fraction of sp³-hybridized carbons (Fsp3) is 0.385. The number of hydrogen-bond acceptors (Lipinski definition) is 5. The van der Waals surface area contributed by atoms with E-state index in [1.807, 2.05) is 24.3 Å². The number of carbonyl (C=O) groups excluding carboxylic acids is 2. The van der Waals surface area contributed by atoms with E-state index in [9.17, 15) is 9.59 Å². The third kappa shape index (κ3) is 5.23. The first-order valence-electron chi connectivity index (χ1n) is 6.17. The average Bonchev–Trinajstić information content (AvgIpc) is 2.35. The molecular weight excluding hydrogens is 262 g/mol. The molecule has 0 saturated heterocycles. The molecule has 0 fully saturated rings. The van der Waals surface area contributed by atoms with E-state index in [0.717, 1.165) is 23.6 Å². The summed E-state index contributed by atoms with van der Waals surface area (Å²) in [5.41, 5.74) is 6.53. The van der Waals surface area contributed by atoms with Crippen LogP contribution in [-0.4, -0.2) is 27.8 Å². The van der Waals surface area contributed by atoms with Crippen LogP contribution < -0.4 is 10.9 Å². The number of rotatable bonds is 6. The molecule has 1 aromatic carbocycles. The highest BCUT2D eigenvalue weighted by Crippen LogP contribution is 2.04. The molecule has 1 aromatic rings. The minimum atomic E-state index is -2.53. The Balaban J connectivity index is 2.98. The maximum absolute atomic E-state index is 11.1. The van der Waals surface area contributed by atoms with Gasteiger partial charge in [0.15, 0.2) is 0 Å². The summed E-state index contributed by atoms with van der Waals surface area (Å²) in [7, 11) is -2.53. The molecule has 0 spiro atoms. The van der Waals surface area contributed by atoms with Crippen LogP contribution in [0.5, 0.6) is 0 Å². The summed E-state index contributed by atoms with van der Waals surface area (Å²) in [5, 5.41) is 0.821. The molecule has 1 rings (SSSR count). The van der Waals surface area contributed by atoms with Crippen LogP contribution in [0.2, 0.25) is 0 Å². The van der Waals surface area contributed by atoms with Gasteiger partial charge in [-0.25, -0.2) is 0 Å². The van der Waals surface area contributed by atoms with Crippen molar-refractivity contribution in [2.75, 3.05) is 6.54 Å². The standard InChI is InChI=1S/C13H19NO4Si/c1-10(15)17-19(18-11(2)16)13-8-4-3-6-12(13)7-5-9-14/h3-4,6,8,19H,5,7,9,14H2,1-2H3. The number of carbonyl (C=O) groups is 2. The molecule has 0 bridgehead atoms. The first-order chi connectivity index (χ1) is 9.04. The van der Waals surface area contributed by atoms with Crippen LogP contribution in [0.3, 0.4) is 0 Å². The summed E-state index contributed by atoms with van der Waals surface area (Å²) in [6.45, 7) is 3.21. The number of nitrogens with two attached hydrogens (primary N) is 1. The maximum Gasteiger partial charge on any atom is 0.483 e. The monoisotopic (exact) mass is 281 g/mol.